The molecule has 1 aromatic rings. The van der Waals surface area contributed by atoms with Gasteiger partial charge in [0.2, 0.25) is 0 Å². The number of aliphatic carboxylic acids is 1. The number of aryl methyl sites for hydroxylation is 1. The fourth-order valence-electron chi connectivity index (χ4n) is 2.12. The second-order valence-electron chi connectivity index (χ2n) is 4.51. The van der Waals surface area contributed by atoms with Crippen LogP contribution in [0.1, 0.15) is 49.2 Å². The van der Waals surface area contributed by atoms with Crippen molar-refractivity contribution in [2.75, 3.05) is 5.73 Å². The highest BCUT2D eigenvalue weighted by molar-refractivity contribution is 5.74. The summed E-state index contributed by atoms with van der Waals surface area (Å²) in [5.41, 5.74) is 7.87. The van der Waals surface area contributed by atoms with E-state index in [-0.39, 0.29) is 0 Å². The quantitative estimate of drug-likeness (QED) is 0.758. The molecule has 92 valence electrons. The number of carbonyl (C=O) groups is 1. The number of nitrogen functional groups attached to an aromatic ring is 1. The molecule has 2 rings (SSSR count). The Labute approximate surface area is 100 Å². The summed E-state index contributed by atoms with van der Waals surface area (Å²) in [5, 5.41) is 8.97. The van der Waals surface area contributed by atoms with Crippen LogP contribution in [0.3, 0.4) is 0 Å². The topological polar surface area (TPSA) is 89.1 Å². The molecule has 0 fully saturated rings. The summed E-state index contributed by atoms with van der Waals surface area (Å²) in [5.74, 6) is -0.834. The van der Waals surface area contributed by atoms with Crippen LogP contribution in [-0.4, -0.2) is 21.0 Å². The normalized spacial score (nSPS) is 17.0. The second-order valence-corrected chi connectivity index (χ2v) is 4.51. The molecule has 17 heavy (non-hydrogen) atoms. The van der Waals surface area contributed by atoms with E-state index in [1.807, 2.05) is 0 Å². The van der Waals surface area contributed by atoms with Crippen LogP contribution >= 0.6 is 0 Å². The van der Waals surface area contributed by atoms with E-state index in [4.69, 9.17) is 10.8 Å². The summed E-state index contributed by atoms with van der Waals surface area (Å²) in [6.45, 7) is 1.58. The van der Waals surface area contributed by atoms with Gasteiger partial charge < -0.3 is 10.8 Å². The average molecular weight is 235 g/mol. The van der Waals surface area contributed by atoms with Gasteiger partial charge in [-0.25, -0.2) is 9.97 Å². The maximum Gasteiger partial charge on any atom is 0.313 e. The zero-order valence-electron chi connectivity index (χ0n) is 9.94. The minimum absolute atomic E-state index is 0.329. The van der Waals surface area contributed by atoms with E-state index in [9.17, 15) is 4.79 Å². The van der Waals surface area contributed by atoms with Crippen molar-refractivity contribution in [2.24, 2.45) is 0 Å². The number of nitrogens with two attached hydrogens (primary N) is 1. The summed E-state index contributed by atoms with van der Waals surface area (Å²) in [6.07, 6.45) is 5.14. The Kier molecular flexibility index (Phi) is 3.26. The van der Waals surface area contributed by atoms with Gasteiger partial charge in [0.05, 0.1) is 0 Å². The predicted molar refractivity (Wildman–Crippen MR) is 63.8 cm³/mol. The molecule has 1 aliphatic rings. The lowest BCUT2D eigenvalue weighted by atomic mass is 10.1. The van der Waals surface area contributed by atoms with Crippen molar-refractivity contribution in [3.05, 3.63) is 17.1 Å². The Morgan fingerprint density at radius 2 is 2.00 bits per heavy atom. The fourth-order valence-corrected chi connectivity index (χ4v) is 2.12. The number of nitrogens with zero attached hydrogens (tertiary/aromatic N) is 2. The molecule has 1 heterocycles. The number of hydrogen-bond acceptors (Lipinski definition) is 4. The van der Waals surface area contributed by atoms with Crippen LogP contribution in [0.2, 0.25) is 0 Å². The Morgan fingerprint density at radius 1 is 1.29 bits per heavy atom. The van der Waals surface area contributed by atoms with E-state index >= 15 is 0 Å². The maximum atomic E-state index is 10.9. The first-order chi connectivity index (χ1) is 8.09. The third kappa shape index (κ3) is 2.38. The highest BCUT2D eigenvalue weighted by Crippen LogP contribution is 2.24. The van der Waals surface area contributed by atoms with Gasteiger partial charge in [0.25, 0.3) is 0 Å². The molecule has 0 saturated heterocycles. The Balaban J connectivity index is 2.42. The number of anilines is 1. The van der Waals surface area contributed by atoms with Crippen molar-refractivity contribution in [3.63, 3.8) is 0 Å². The van der Waals surface area contributed by atoms with Crippen molar-refractivity contribution in [1.29, 1.82) is 0 Å². The zero-order valence-corrected chi connectivity index (χ0v) is 9.94. The van der Waals surface area contributed by atoms with Crippen molar-refractivity contribution >= 4 is 11.8 Å². The lowest BCUT2D eigenvalue weighted by molar-refractivity contribution is -0.138. The van der Waals surface area contributed by atoms with E-state index in [0.717, 1.165) is 36.9 Å². The van der Waals surface area contributed by atoms with Gasteiger partial charge in [-0.15, -0.1) is 0 Å². The van der Waals surface area contributed by atoms with Gasteiger partial charge in [-0.2, -0.15) is 0 Å². The molecule has 1 aliphatic carbocycles. The third-order valence-electron chi connectivity index (χ3n) is 3.24. The van der Waals surface area contributed by atoms with Gasteiger partial charge >= 0.3 is 5.97 Å². The van der Waals surface area contributed by atoms with Crippen LogP contribution in [0, 0.1) is 0 Å². The van der Waals surface area contributed by atoms with Crippen molar-refractivity contribution in [3.8, 4) is 0 Å². The first-order valence-electron chi connectivity index (χ1n) is 5.97. The van der Waals surface area contributed by atoms with Crippen LogP contribution in [0.25, 0.3) is 0 Å². The highest BCUT2D eigenvalue weighted by atomic mass is 16.4. The standard InChI is InChI=1S/C12H17N3O2/c1-7(12(16)17)11-14-9-6-4-2-3-5-8(9)10(13)15-11/h7H,2-6H2,1H3,(H,16,17)(H2,13,14,15). The summed E-state index contributed by atoms with van der Waals surface area (Å²) in [6, 6.07) is 0. The minimum Gasteiger partial charge on any atom is -0.481 e. The number of fused-ring (bicyclic) bond motifs is 1. The third-order valence-corrected chi connectivity index (χ3v) is 3.24. The molecule has 0 bridgehead atoms. The molecular formula is C12H17N3O2. The molecule has 0 aliphatic heterocycles. The molecule has 1 unspecified atom stereocenters. The zero-order chi connectivity index (χ0) is 12.4. The molecule has 0 aromatic carbocycles. The molecule has 5 heteroatoms. The molecule has 1 aromatic heterocycles. The molecule has 5 nitrogen and oxygen atoms in total. The SMILES string of the molecule is CC(C(=O)O)c1nc(N)c2c(n1)CCCCC2. The summed E-state index contributed by atoms with van der Waals surface area (Å²) in [7, 11) is 0. The number of aromatic nitrogens is 2. The number of hydrogen-bond donors (Lipinski definition) is 2. The van der Waals surface area contributed by atoms with Crippen LogP contribution < -0.4 is 5.73 Å². The maximum absolute atomic E-state index is 10.9. The molecular weight excluding hydrogens is 218 g/mol. The fraction of sp³-hybridized carbons (Fsp3) is 0.583. The largest absolute Gasteiger partial charge is 0.481 e. The predicted octanol–water partition coefficient (Wildman–Crippen LogP) is 1.52. The van der Waals surface area contributed by atoms with Crippen LogP contribution in [0.5, 0.6) is 0 Å². The summed E-state index contributed by atoms with van der Waals surface area (Å²) < 4.78 is 0. The molecule has 0 saturated carbocycles. The Morgan fingerprint density at radius 3 is 2.71 bits per heavy atom. The Bertz CT molecular complexity index is 446. The van der Waals surface area contributed by atoms with Crippen LogP contribution in [-0.2, 0) is 17.6 Å². The molecule has 1 atom stereocenters. The van der Waals surface area contributed by atoms with Gasteiger partial charge in [0.1, 0.15) is 17.6 Å². The van der Waals surface area contributed by atoms with Crippen LogP contribution in [0.15, 0.2) is 0 Å². The summed E-state index contributed by atoms with van der Waals surface area (Å²) in [4.78, 5) is 19.4. The second kappa shape index (κ2) is 4.69. The van der Waals surface area contributed by atoms with Gasteiger partial charge in [-0.3, -0.25) is 4.79 Å². The van der Waals surface area contributed by atoms with Gasteiger partial charge in [0, 0.05) is 11.3 Å². The van der Waals surface area contributed by atoms with Gasteiger partial charge in [-0.05, 0) is 32.6 Å². The van der Waals surface area contributed by atoms with E-state index in [1.165, 1.54) is 6.42 Å². The first kappa shape index (κ1) is 11.8. The smallest absolute Gasteiger partial charge is 0.313 e. The summed E-state index contributed by atoms with van der Waals surface area (Å²) >= 11 is 0. The van der Waals surface area contributed by atoms with Gasteiger partial charge in [0.15, 0.2) is 0 Å². The number of rotatable bonds is 2. The van der Waals surface area contributed by atoms with E-state index in [1.54, 1.807) is 6.92 Å². The number of carboxylic acid groups (broad SMARTS) is 1. The van der Waals surface area contributed by atoms with Crippen molar-refractivity contribution in [2.45, 2.75) is 44.9 Å². The van der Waals surface area contributed by atoms with E-state index in [2.05, 4.69) is 9.97 Å². The number of carboxylic acids is 1. The van der Waals surface area contributed by atoms with E-state index < -0.39 is 11.9 Å². The molecule has 0 amide bonds. The monoisotopic (exact) mass is 235 g/mol. The first-order valence-corrected chi connectivity index (χ1v) is 5.97. The van der Waals surface area contributed by atoms with Crippen molar-refractivity contribution in [1.82, 2.24) is 9.97 Å². The lowest BCUT2D eigenvalue weighted by Gasteiger charge is -2.12. The highest BCUT2D eigenvalue weighted by Gasteiger charge is 2.21. The Hall–Kier alpha value is -1.65. The average Bonchev–Trinajstić information content (AvgIpc) is 2.53. The van der Waals surface area contributed by atoms with Crippen LogP contribution in [0.4, 0.5) is 5.82 Å². The molecule has 3 N–H and O–H groups in total. The molecule has 0 radical (unpaired) electrons. The minimum atomic E-state index is -0.919. The molecule has 0 spiro atoms. The van der Waals surface area contributed by atoms with Crippen molar-refractivity contribution < 1.29 is 9.90 Å². The lowest BCUT2D eigenvalue weighted by Crippen LogP contribution is -2.15. The van der Waals surface area contributed by atoms with Gasteiger partial charge in [-0.1, -0.05) is 6.42 Å². The van der Waals surface area contributed by atoms with E-state index in [0.29, 0.717) is 11.6 Å².